The fourth-order valence-corrected chi connectivity index (χ4v) is 3.14. The first-order valence-corrected chi connectivity index (χ1v) is 7.71. The van der Waals surface area contributed by atoms with Crippen LogP contribution in [0.4, 0.5) is 0 Å². The molecule has 0 aromatic carbocycles. The predicted molar refractivity (Wildman–Crippen MR) is 74.6 cm³/mol. The summed E-state index contributed by atoms with van der Waals surface area (Å²) in [6, 6.07) is 1.33. The van der Waals surface area contributed by atoms with Crippen molar-refractivity contribution in [3.63, 3.8) is 0 Å². The standard InChI is InChI=1S/C15H28N2/c1-2-15(16-13-9-5-3-6-10-13)17-14-11-7-4-8-12-14/h13-14H,2-12H2,1H3,(H,16,17). The molecular weight excluding hydrogens is 208 g/mol. The molecule has 17 heavy (non-hydrogen) atoms. The van der Waals surface area contributed by atoms with Gasteiger partial charge in [0.1, 0.15) is 0 Å². The monoisotopic (exact) mass is 236 g/mol. The number of hydrogen-bond acceptors (Lipinski definition) is 1. The van der Waals surface area contributed by atoms with Gasteiger partial charge in [-0.1, -0.05) is 45.4 Å². The zero-order chi connectivity index (χ0) is 11.9. The Morgan fingerprint density at radius 1 is 0.941 bits per heavy atom. The molecule has 0 bridgehead atoms. The van der Waals surface area contributed by atoms with Crippen LogP contribution in [0.25, 0.3) is 0 Å². The maximum atomic E-state index is 4.95. The van der Waals surface area contributed by atoms with Crippen LogP contribution in [-0.4, -0.2) is 17.9 Å². The molecule has 2 saturated carbocycles. The molecule has 0 unspecified atom stereocenters. The molecule has 0 aromatic rings. The van der Waals surface area contributed by atoms with Gasteiger partial charge in [0.05, 0.1) is 11.9 Å². The number of hydrogen-bond donors (Lipinski definition) is 1. The van der Waals surface area contributed by atoms with Crippen LogP contribution in [0.2, 0.25) is 0 Å². The average Bonchev–Trinajstić information content (AvgIpc) is 2.40. The van der Waals surface area contributed by atoms with Crippen molar-refractivity contribution in [2.75, 3.05) is 0 Å². The van der Waals surface area contributed by atoms with Crippen molar-refractivity contribution in [1.29, 1.82) is 0 Å². The van der Waals surface area contributed by atoms with Crippen molar-refractivity contribution >= 4 is 5.84 Å². The van der Waals surface area contributed by atoms with Gasteiger partial charge in [0.2, 0.25) is 0 Å². The second kappa shape index (κ2) is 7.03. The second-order valence-corrected chi connectivity index (χ2v) is 5.70. The molecule has 98 valence electrons. The Morgan fingerprint density at radius 2 is 1.53 bits per heavy atom. The number of nitrogens with zero attached hydrogens (tertiary/aromatic N) is 1. The summed E-state index contributed by atoms with van der Waals surface area (Å²) in [6.07, 6.45) is 14.8. The van der Waals surface area contributed by atoms with Crippen LogP contribution in [0.1, 0.15) is 77.6 Å². The molecule has 0 heterocycles. The van der Waals surface area contributed by atoms with Gasteiger partial charge in [-0.05, 0) is 25.7 Å². The third-order valence-corrected chi connectivity index (χ3v) is 4.22. The Bertz CT molecular complexity index is 235. The Labute approximate surface area is 106 Å². The number of amidine groups is 1. The predicted octanol–water partition coefficient (Wildman–Crippen LogP) is 4.05. The van der Waals surface area contributed by atoms with Gasteiger partial charge < -0.3 is 5.32 Å². The summed E-state index contributed by atoms with van der Waals surface area (Å²) in [5.41, 5.74) is 0. The van der Waals surface area contributed by atoms with Crippen LogP contribution in [-0.2, 0) is 0 Å². The van der Waals surface area contributed by atoms with Crippen molar-refractivity contribution < 1.29 is 0 Å². The fraction of sp³-hybridized carbons (Fsp3) is 0.933. The van der Waals surface area contributed by atoms with E-state index in [2.05, 4.69) is 12.2 Å². The van der Waals surface area contributed by atoms with E-state index in [1.165, 1.54) is 70.0 Å². The van der Waals surface area contributed by atoms with Gasteiger partial charge in [0.25, 0.3) is 0 Å². The lowest BCUT2D eigenvalue weighted by Gasteiger charge is -2.26. The number of nitrogens with one attached hydrogen (secondary N) is 1. The maximum Gasteiger partial charge on any atom is 0.0965 e. The summed E-state index contributed by atoms with van der Waals surface area (Å²) < 4.78 is 0. The van der Waals surface area contributed by atoms with Gasteiger partial charge in [-0.2, -0.15) is 0 Å². The molecule has 0 aliphatic heterocycles. The van der Waals surface area contributed by atoms with Gasteiger partial charge in [0, 0.05) is 12.5 Å². The van der Waals surface area contributed by atoms with Crippen molar-refractivity contribution in [1.82, 2.24) is 5.32 Å². The lowest BCUT2D eigenvalue weighted by molar-refractivity contribution is 0.407. The van der Waals surface area contributed by atoms with E-state index in [1.807, 2.05) is 0 Å². The summed E-state index contributed by atoms with van der Waals surface area (Å²) >= 11 is 0. The highest BCUT2D eigenvalue weighted by Gasteiger charge is 2.16. The van der Waals surface area contributed by atoms with Crippen LogP contribution in [0, 0.1) is 0 Å². The molecule has 2 aliphatic carbocycles. The molecule has 0 amide bonds. The Morgan fingerprint density at radius 3 is 2.12 bits per heavy atom. The minimum absolute atomic E-state index is 0.620. The van der Waals surface area contributed by atoms with Gasteiger partial charge >= 0.3 is 0 Å². The van der Waals surface area contributed by atoms with E-state index < -0.39 is 0 Å². The van der Waals surface area contributed by atoms with Crippen LogP contribution in [0.3, 0.4) is 0 Å². The molecule has 0 radical (unpaired) electrons. The molecule has 2 rings (SSSR count). The molecule has 2 nitrogen and oxygen atoms in total. The van der Waals surface area contributed by atoms with Crippen molar-refractivity contribution in [3.8, 4) is 0 Å². The third-order valence-electron chi connectivity index (χ3n) is 4.22. The first-order chi connectivity index (χ1) is 8.38. The highest BCUT2D eigenvalue weighted by molar-refractivity contribution is 5.82. The summed E-state index contributed by atoms with van der Waals surface area (Å²) in [4.78, 5) is 4.95. The lowest BCUT2D eigenvalue weighted by Crippen LogP contribution is -2.36. The van der Waals surface area contributed by atoms with Gasteiger partial charge in [-0.15, -0.1) is 0 Å². The van der Waals surface area contributed by atoms with Crippen LogP contribution < -0.4 is 5.32 Å². The largest absolute Gasteiger partial charge is 0.371 e. The normalized spacial score (nSPS) is 24.9. The highest BCUT2D eigenvalue weighted by atomic mass is 15.0. The SMILES string of the molecule is CCC(=NC1CCCCC1)NC1CCCCC1. The van der Waals surface area contributed by atoms with Gasteiger partial charge in [0.15, 0.2) is 0 Å². The molecule has 2 fully saturated rings. The first kappa shape index (κ1) is 12.9. The molecule has 2 aliphatic rings. The molecule has 1 N–H and O–H groups in total. The molecule has 0 aromatic heterocycles. The minimum atomic E-state index is 0.620. The second-order valence-electron chi connectivity index (χ2n) is 5.70. The fourth-order valence-electron chi connectivity index (χ4n) is 3.14. The lowest BCUT2D eigenvalue weighted by atomic mass is 9.95. The van der Waals surface area contributed by atoms with Crippen LogP contribution in [0.15, 0.2) is 4.99 Å². The quantitative estimate of drug-likeness (QED) is 0.580. The van der Waals surface area contributed by atoms with Crippen LogP contribution >= 0.6 is 0 Å². The first-order valence-electron chi connectivity index (χ1n) is 7.71. The van der Waals surface area contributed by atoms with Crippen molar-refractivity contribution in [2.24, 2.45) is 4.99 Å². The van der Waals surface area contributed by atoms with Gasteiger partial charge in [-0.3, -0.25) is 4.99 Å². The summed E-state index contributed by atoms with van der Waals surface area (Å²) in [7, 11) is 0. The molecule has 2 heteroatoms. The zero-order valence-electron chi connectivity index (χ0n) is 11.4. The third kappa shape index (κ3) is 4.33. The topological polar surface area (TPSA) is 24.4 Å². The highest BCUT2D eigenvalue weighted by Crippen LogP contribution is 2.21. The molecule has 0 spiro atoms. The average molecular weight is 236 g/mol. The van der Waals surface area contributed by atoms with E-state index >= 15 is 0 Å². The van der Waals surface area contributed by atoms with E-state index in [1.54, 1.807) is 0 Å². The Hall–Kier alpha value is -0.530. The van der Waals surface area contributed by atoms with E-state index in [9.17, 15) is 0 Å². The van der Waals surface area contributed by atoms with E-state index in [0.717, 1.165) is 6.42 Å². The molecule has 0 atom stereocenters. The minimum Gasteiger partial charge on any atom is -0.371 e. The summed E-state index contributed by atoms with van der Waals surface area (Å²) in [5, 5.41) is 3.70. The summed E-state index contributed by atoms with van der Waals surface area (Å²) in [6.45, 7) is 2.23. The summed E-state index contributed by atoms with van der Waals surface area (Å²) in [5.74, 6) is 1.28. The maximum absolute atomic E-state index is 4.95. The van der Waals surface area contributed by atoms with E-state index in [4.69, 9.17) is 4.99 Å². The number of rotatable bonds is 3. The van der Waals surface area contributed by atoms with Crippen molar-refractivity contribution in [2.45, 2.75) is 89.6 Å². The van der Waals surface area contributed by atoms with E-state index in [-0.39, 0.29) is 0 Å². The Balaban J connectivity index is 1.83. The van der Waals surface area contributed by atoms with Gasteiger partial charge in [-0.25, -0.2) is 0 Å². The molecular formula is C15H28N2. The zero-order valence-corrected chi connectivity index (χ0v) is 11.4. The van der Waals surface area contributed by atoms with Crippen molar-refractivity contribution in [3.05, 3.63) is 0 Å². The number of aliphatic imine (C=N–C) groups is 1. The van der Waals surface area contributed by atoms with E-state index in [0.29, 0.717) is 12.1 Å². The smallest absolute Gasteiger partial charge is 0.0965 e. The Kier molecular flexibility index (Phi) is 5.34. The van der Waals surface area contributed by atoms with Crippen LogP contribution in [0.5, 0.6) is 0 Å². The molecule has 0 saturated heterocycles.